The first-order valence-corrected chi connectivity index (χ1v) is 6.02. The van der Waals surface area contributed by atoms with E-state index in [2.05, 4.69) is 4.90 Å². The van der Waals surface area contributed by atoms with Crippen LogP contribution in [0.3, 0.4) is 0 Å². The van der Waals surface area contributed by atoms with E-state index >= 15 is 0 Å². The number of ether oxygens (including phenoxy) is 2. The molecule has 19 heavy (non-hydrogen) atoms. The van der Waals surface area contributed by atoms with Gasteiger partial charge in [-0.3, -0.25) is 0 Å². The largest absolute Gasteiger partial charge is 0.490 e. The van der Waals surface area contributed by atoms with Gasteiger partial charge in [0.1, 0.15) is 29.8 Å². The van der Waals surface area contributed by atoms with Gasteiger partial charge in [0, 0.05) is 13.1 Å². The molecule has 0 aromatic heterocycles. The van der Waals surface area contributed by atoms with Crippen molar-refractivity contribution in [2.45, 2.75) is 6.10 Å². The van der Waals surface area contributed by atoms with Crippen molar-refractivity contribution in [2.24, 2.45) is 0 Å². The fourth-order valence-electron chi connectivity index (χ4n) is 1.95. The molecule has 6 heteroatoms. The number of nitrogens with zero attached hydrogens (tertiary/aromatic N) is 1. The molecule has 0 saturated carbocycles. The summed E-state index contributed by atoms with van der Waals surface area (Å²) < 4.78 is 24.0. The lowest BCUT2D eigenvalue weighted by Crippen LogP contribution is -2.42. The maximum absolute atomic E-state index is 13.0. The molecule has 0 spiro atoms. The Kier molecular flexibility index (Phi) is 4.34. The predicted molar refractivity (Wildman–Crippen MR) is 66.1 cm³/mol. The van der Waals surface area contributed by atoms with Gasteiger partial charge in [-0.25, -0.2) is 9.18 Å². The van der Waals surface area contributed by atoms with E-state index in [9.17, 15) is 9.18 Å². The molecule has 1 aromatic rings. The molecule has 1 atom stereocenters. The Labute approximate surface area is 110 Å². The van der Waals surface area contributed by atoms with Crippen LogP contribution in [-0.4, -0.2) is 55.4 Å². The quantitative estimate of drug-likeness (QED) is 0.891. The lowest BCUT2D eigenvalue weighted by Gasteiger charge is -2.29. The molecule has 1 N–H and O–H groups in total. The van der Waals surface area contributed by atoms with E-state index in [-0.39, 0.29) is 24.0 Å². The fraction of sp³-hybridized carbons (Fsp3) is 0.462. The highest BCUT2D eigenvalue weighted by Gasteiger charge is 2.20. The number of likely N-dealkylation sites (N-methyl/N-ethyl adjacent to an activating group) is 1. The number of carboxylic acid groups (broad SMARTS) is 1. The number of morpholine rings is 1. The van der Waals surface area contributed by atoms with Crippen LogP contribution in [0.5, 0.6) is 5.75 Å². The second-order valence-electron chi connectivity index (χ2n) is 4.51. The van der Waals surface area contributed by atoms with Crippen molar-refractivity contribution in [3.63, 3.8) is 0 Å². The van der Waals surface area contributed by atoms with E-state index in [0.29, 0.717) is 6.61 Å². The molecule has 1 aliphatic heterocycles. The van der Waals surface area contributed by atoms with Gasteiger partial charge in [-0.1, -0.05) is 0 Å². The summed E-state index contributed by atoms with van der Waals surface area (Å²) >= 11 is 0. The first-order valence-electron chi connectivity index (χ1n) is 6.02. The third-order valence-electron chi connectivity index (χ3n) is 2.94. The molecule has 1 unspecified atom stereocenters. The Hall–Kier alpha value is -1.66. The topological polar surface area (TPSA) is 59.0 Å². The average molecular weight is 269 g/mol. The Morgan fingerprint density at radius 3 is 3.11 bits per heavy atom. The van der Waals surface area contributed by atoms with E-state index in [1.807, 2.05) is 7.05 Å². The summed E-state index contributed by atoms with van der Waals surface area (Å²) in [5.74, 6) is -1.65. The van der Waals surface area contributed by atoms with Crippen LogP contribution >= 0.6 is 0 Å². The lowest BCUT2D eigenvalue weighted by atomic mass is 10.2. The number of carboxylic acids is 1. The van der Waals surface area contributed by atoms with Gasteiger partial charge in [-0.15, -0.1) is 0 Å². The van der Waals surface area contributed by atoms with Crippen LogP contribution in [0.4, 0.5) is 4.39 Å². The number of carbonyl (C=O) groups is 1. The van der Waals surface area contributed by atoms with Crippen molar-refractivity contribution in [3.05, 3.63) is 29.6 Å². The molecule has 1 aromatic carbocycles. The van der Waals surface area contributed by atoms with Crippen LogP contribution in [0.25, 0.3) is 0 Å². The molecule has 1 heterocycles. The molecule has 1 fully saturated rings. The lowest BCUT2D eigenvalue weighted by molar-refractivity contribution is -0.0405. The number of hydrogen-bond donors (Lipinski definition) is 1. The highest BCUT2D eigenvalue weighted by Crippen LogP contribution is 2.20. The monoisotopic (exact) mass is 269 g/mol. The van der Waals surface area contributed by atoms with Gasteiger partial charge in [0.15, 0.2) is 0 Å². The van der Waals surface area contributed by atoms with Crippen LogP contribution in [0.2, 0.25) is 0 Å². The summed E-state index contributed by atoms with van der Waals surface area (Å²) in [7, 11) is 1.98. The molecular formula is C13H16FNO4. The van der Waals surface area contributed by atoms with Crippen LogP contribution in [0.1, 0.15) is 10.4 Å². The van der Waals surface area contributed by atoms with Gasteiger partial charge in [0.2, 0.25) is 0 Å². The third kappa shape index (κ3) is 3.65. The zero-order valence-corrected chi connectivity index (χ0v) is 10.6. The minimum absolute atomic E-state index is 0.106. The number of hydrogen-bond acceptors (Lipinski definition) is 4. The number of benzene rings is 1. The van der Waals surface area contributed by atoms with E-state index in [4.69, 9.17) is 14.6 Å². The van der Waals surface area contributed by atoms with E-state index in [0.717, 1.165) is 19.2 Å². The fourth-order valence-corrected chi connectivity index (χ4v) is 1.95. The SMILES string of the molecule is CN1CCOC(COc2ccc(F)cc2C(=O)O)C1. The molecule has 1 saturated heterocycles. The molecule has 0 amide bonds. The summed E-state index contributed by atoms with van der Waals surface area (Å²) in [6.45, 7) is 2.47. The molecule has 2 rings (SSSR count). The first-order chi connectivity index (χ1) is 9.06. The molecular weight excluding hydrogens is 253 g/mol. The van der Waals surface area contributed by atoms with Crippen molar-refractivity contribution in [3.8, 4) is 5.75 Å². The van der Waals surface area contributed by atoms with Crippen molar-refractivity contribution >= 4 is 5.97 Å². The Balaban J connectivity index is 2.01. The zero-order chi connectivity index (χ0) is 13.8. The van der Waals surface area contributed by atoms with E-state index < -0.39 is 11.8 Å². The number of halogens is 1. The van der Waals surface area contributed by atoms with Crippen LogP contribution < -0.4 is 4.74 Å². The highest BCUT2D eigenvalue weighted by molar-refractivity contribution is 5.90. The minimum atomic E-state index is -1.21. The smallest absolute Gasteiger partial charge is 0.339 e. The van der Waals surface area contributed by atoms with Gasteiger partial charge in [-0.2, -0.15) is 0 Å². The van der Waals surface area contributed by atoms with Crippen molar-refractivity contribution in [2.75, 3.05) is 33.4 Å². The van der Waals surface area contributed by atoms with Crippen molar-refractivity contribution < 1.29 is 23.8 Å². The second-order valence-corrected chi connectivity index (χ2v) is 4.51. The zero-order valence-electron chi connectivity index (χ0n) is 10.6. The number of rotatable bonds is 4. The molecule has 5 nitrogen and oxygen atoms in total. The summed E-state index contributed by atoms with van der Waals surface area (Å²) in [4.78, 5) is 13.1. The highest BCUT2D eigenvalue weighted by atomic mass is 19.1. The Morgan fingerprint density at radius 1 is 1.63 bits per heavy atom. The molecule has 0 aliphatic carbocycles. The van der Waals surface area contributed by atoms with Crippen LogP contribution in [0, 0.1) is 5.82 Å². The molecule has 0 bridgehead atoms. The van der Waals surface area contributed by atoms with Gasteiger partial charge >= 0.3 is 5.97 Å². The predicted octanol–water partition coefficient (Wildman–Crippen LogP) is 1.23. The summed E-state index contributed by atoms with van der Waals surface area (Å²) in [5, 5.41) is 8.98. The minimum Gasteiger partial charge on any atom is -0.490 e. The van der Waals surface area contributed by atoms with E-state index in [1.165, 1.54) is 12.1 Å². The van der Waals surface area contributed by atoms with Crippen molar-refractivity contribution in [1.29, 1.82) is 0 Å². The summed E-state index contributed by atoms with van der Waals surface area (Å²) in [6.07, 6.45) is -0.106. The third-order valence-corrected chi connectivity index (χ3v) is 2.94. The summed E-state index contributed by atoms with van der Waals surface area (Å²) in [5.41, 5.74) is -0.177. The van der Waals surface area contributed by atoms with Gasteiger partial charge in [0.25, 0.3) is 0 Å². The Morgan fingerprint density at radius 2 is 2.42 bits per heavy atom. The second kappa shape index (κ2) is 5.99. The molecule has 104 valence electrons. The normalized spacial score (nSPS) is 20.2. The molecule has 0 radical (unpaired) electrons. The van der Waals surface area contributed by atoms with Crippen molar-refractivity contribution in [1.82, 2.24) is 4.90 Å². The van der Waals surface area contributed by atoms with Gasteiger partial charge < -0.3 is 19.5 Å². The average Bonchev–Trinajstić information content (AvgIpc) is 2.37. The van der Waals surface area contributed by atoms with Crippen LogP contribution in [0.15, 0.2) is 18.2 Å². The van der Waals surface area contributed by atoms with E-state index in [1.54, 1.807) is 0 Å². The number of aromatic carboxylic acids is 1. The maximum atomic E-state index is 13.0. The molecule has 1 aliphatic rings. The van der Waals surface area contributed by atoms with Crippen LogP contribution in [-0.2, 0) is 4.74 Å². The first kappa shape index (κ1) is 13.8. The van der Waals surface area contributed by atoms with Gasteiger partial charge in [0.05, 0.1) is 6.61 Å². The van der Waals surface area contributed by atoms with Gasteiger partial charge in [-0.05, 0) is 25.2 Å². The Bertz CT molecular complexity index is 466. The maximum Gasteiger partial charge on any atom is 0.339 e. The standard InChI is InChI=1S/C13H16FNO4/c1-15-4-5-18-10(7-15)8-19-12-3-2-9(14)6-11(12)13(16)17/h2-3,6,10H,4-5,7-8H2,1H3,(H,16,17). The summed E-state index contributed by atoms with van der Waals surface area (Å²) in [6, 6.07) is 3.45.